The maximum atomic E-state index is 14.5. The summed E-state index contributed by atoms with van der Waals surface area (Å²) in [6, 6.07) is 31.5. The van der Waals surface area contributed by atoms with E-state index in [1.165, 1.54) is 0 Å². The van der Waals surface area contributed by atoms with Gasteiger partial charge in [0, 0.05) is 0 Å². The van der Waals surface area contributed by atoms with E-state index in [2.05, 4.69) is 5.32 Å². The molecular weight excluding hydrogens is 437 g/mol. The molecule has 1 atom stereocenters. The van der Waals surface area contributed by atoms with Gasteiger partial charge >= 0.3 is 7.60 Å². The van der Waals surface area contributed by atoms with Crippen molar-refractivity contribution in [3.63, 3.8) is 0 Å². The summed E-state index contributed by atoms with van der Waals surface area (Å²) in [6.45, 7) is 0. The Morgan fingerprint density at radius 3 is 1.73 bits per heavy atom. The molecule has 0 spiro atoms. The summed E-state index contributed by atoms with van der Waals surface area (Å²) in [5, 5.41) is 13.6. The van der Waals surface area contributed by atoms with E-state index in [4.69, 9.17) is 13.8 Å². The molecule has 168 valence electrons. The Morgan fingerprint density at radius 2 is 1.21 bits per heavy atom. The number of phenols is 1. The molecule has 4 aromatic carbocycles. The Hall–Kier alpha value is -3.89. The Morgan fingerprint density at radius 1 is 0.697 bits per heavy atom. The highest BCUT2D eigenvalue weighted by Crippen LogP contribution is 2.60. The molecule has 0 fully saturated rings. The Kier molecular flexibility index (Phi) is 6.86. The molecule has 0 heterocycles. The van der Waals surface area contributed by atoms with Crippen molar-refractivity contribution in [1.82, 2.24) is 0 Å². The van der Waals surface area contributed by atoms with Gasteiger partial charge in [-0.3, -0.25) is 0 Å². The molecule has 0 aromatic heterocycles. The number of benzene rings is 4. The molecule has 4 aromatic rings. The van der Waals surface area contributed by atoms with Gasteiger partial charge in [0.05, 0.1) is 12.8 Å². The minimum atomic E-state index is -3.97. The highest BCUT2D eigenvalue weighted by atomic mass is 31.2. The summed E-state index contributed by atoms with van der Waals surface area (Å²) in [5.74, 6) is 0.519. The van der Waals surface area contributed by atoms with Crippen LogP contribution in [0, 0.1) is 0 Å². The number of hydrogen-bond acceptors (Lipinski definition) is 6. The van der Waals surface area contributed by atoms with Gasteiger partial charge in [0.2, 0.25) is 0 Å². The first-order valence-corrected chi connectivity index (χ1v) is 12.0. The molecule has 33 heavy (non-hydrogen) atoms. The van der Waals surface area contributed by atoms with Crippen LogP contribution in [0.25, 0.3) is 0 Å². The van der Waals surface area contributed by atoms with Gasteiger partial charge in [-0.05, 0) is 54.1 Å². The summed E-state index contributed by atoms with van der Waals surface area (Å²) < 4.78 is 31.9. The molecule has 0 amide bonds. The fourth-order valence-electron chi connectivity index (χ4n) is 3.25. The average molecular weight is 461 g/mol. The monoisotopic (exact) mass is 461 g/mol. The molecule has 7 heteroatoms. The number of hydrogen-bond donors (Lipinski definition) is 2. The molecule has 0 saturated carbocycles. The smallest absolute Gasteiger partial charge is 0.457 e. The first kappa shape index (κ1) is 22.3. The Labute approximate surface area is 192 Å². The SMILES string of the molecule is COc1ccc(C(Nc2ccccc2O)P(=O)(Oc2ccccc2)Oc2ccccc2)cc1. The largest absolute Gasteiger partial charge is 0.506 e. The molecule has 0 aliphatic rings. The molecular formula is C26H24NO5P. The van der Waals surface area contributed by atoms with Crippen molar-refractivity contribution < 1.29 is 23.5 Å². The lowest BCUT2D eigenvalue weighted by atomic mass is 10.2. The second kappa shape index (κ2) is 10.2. The van der Waals surface area contributed by atoms with Crippen LogP contribution in [-0.4, -0.2) is 12.2 Å². The van der Waals surface area contributed by atoms with E-state index in [1.54, 1.807) is 104 Å². The average Bonchev–Trinajstić information content (AvgIpc) is 2.85. The fourth-order valence-corrected chi connectivity index (χ4v) is 5.17. The van der Waals surface area contributed by atoms with Crippen molar-refractivity contribution in [3.8, 4) is 23.0 Å². The summed E-state index contributed by atoms with van der Waals surface area (Å²) >= 11 is 0. The third-order valence-electron chi connectivity index (χ3n) is 4.90. The number of methoxy groups -OCH3 is 1. The summed E-state index contributed by atoms with van der Waals surface area (Å²) in [7, 11) is -2.39. The van der Waals surface area contributed by atoms with Crippen LogP contribution in [0.5, 0.6) is 23.0 Å². The van der Waals surface area contributed by atoms with E-state index in [0.717, 1.165) is 0 Å². The molecule has 0 radical (unpaired) electrons. The third kappa shape index (κ3) is 5.48. The van der Waals surface area contributed by atoms with Gasteiger partial charge in [-0.1, -0.05) is 60.7 Å². The van der Waals surface area contributed by atoms with E-state index in [1.807, 2.05) is 12.1 Å². The van der Waals surface area contributed by atoms with Crippen molar-refractivity contribution in [1.29, 1.82) is 0 Å². The first-order chi connectivity index (χ1) is 16.1. The zero-order valence-electron chi connectivity index (χ0n) is 18.0. The maximum absolute atomic E-state index is 14.5. The van der Waals surface area contributed by atoms with Crippen LogP contribution >= 0.6 is 7.60 Å². The molecule has 4 rings (SSSR count). The number of anilines is 1. The van der Waals surface area contributed by atoms with E-state index in [-0.39, 0.29) is 5.75 Å². The van der Waals surface area contributed by atoms with Crippen LogP contribution in [-0.2, 0) is 4.57 Å². The van der Waals surface area contributed by atoms with Crippen LogP contribution < -0.4 is 19.1 Å². The topological polar surface area (TPSA) is 77.0 Å². The van der Waals surface area contributed by atoms with Gasteiger partial charge in [-0.25, -0.2) is 4.57 Å². The van der Waals surface area contributed by atoms with Crippen LogP contribution in [0.2, 0.25) is 0 Å². The quantitative estimate of drug-likeness (QED) is 0.209. The number of rotatable bonds is 9. The first-order valence-electron chi connectivity index (χ1n) is 10.3. The van der Waals surface area contributed by atoms with E-state index >= 15 is 0 Å². The lowest BCUT2D eigenvalue weighted by Gasteiger charge is -2.29. The van der Waals surface area contributed by atoms with Gasteiger partial charge in [0.25, 0.3) is 0 Å². The molecule has 1 unspecified atom stereocenters. The minimum absolute atomic E-state index is 0.0157. The van der Waals surface area contributed by atoms with Crippen LogP contribution in [0.4, 0.5) is 5.69 Å². The highest BCUT2D eigenvalue weighted by Gasteiger charge is 2.41. The van der Waals surface area contributed by atoms with Crippen molar-refractivity contribution in [2.45, 2.75) is 5.78 Å². The number of nitrogens with one attached hydrogen (secondary N) is 1. The molecule has 0 aliphatic carbocycles. The van der Waals surface area contributed by atoms with Crippen molar-refractivity contribution >= 4 is 13.3 Å². The molecule has 2 N–H and O–H groups in total. The second-order valence-electron chi connectivity index (χ2n) is 7.19. The summed E-state index contributed by atoms with van der Waals surface area (Å²) in [5.41, 5.74) is 1.03. The van der Waals surface area contributed by atoms with E-state index < -0.39 is 13.4 Å². The van der Waals surface area contributed by atoms with E-state index in [0.29, 0.717) is 28.5 Å². The van der Waals surface area contributed by atoms with E-state index in [9.17, 15) is 9.67 Å². The van der Waals surface area contributed by atoms with Crippen LogP contribution in [0.3, 0.4) is 0 Å². The molecule has 0 aliphatic heterocycles. The number of ether oxygens (including phenoxy) is 1. The second-order valence-corrected chi connectivity index (χ2v) is 9.15. The number of para-hydroxylation sites is 4. The lowest BCUT2D eigenvalue weighted by molar-refractivity contribution is 0.376. The zero-order chi connectivity index (χ0) is 23.1. The van der Waals surface area contributed by atoms with Crippen molar-refractivity contribution in [2.24, 2.45) is 0 Å². The van der Waals surface area contributed by atoms with Crippen LogP contribution in [0.1, 0.15) is 11.3 Å². The Bertz CT molecular complexity index is 1170. The van der Waals surface area contributed by atoms with Gasteiger partial charge in [-0.15, -0.1) is 0 Å². The van der Waals surface area contributed by atoms with Crippen molar-refractivity contribution in [3.05, 3.63) is 115 Å². The third-order valence-corrected chi connectivity index (χ3v) is 6.89. The number of phenolic OH excluding ortho intramolecular Hbond substituents is 1. The highest BCUT2D eigenvalue weighted by molar-refractivity contribution is 7.55. The predicted molar refractivity (Wildman–Crippen MR) is 129 cm³/mol. The summed E-state index contributed by atoms with van der Waals surface area (Å²) in [6.07, 6.45) is 0. The predicted octanol–water partition coefficient (Wildman–Crippen LogP) is 6.86. The standard InChI is InChI=1S/C26H24NO5P/c1-30-21-18-16-20(17-19-21)26(27-24-14-8-9-15-25(24)28)33(29,31-22-10-4-2-5-11-22)32-23-12-6-3-7-13-23/h2-19,26-28H,1H3. The Balaban J connectivity index is 1.81. The fraction of sp³-hybridized carbons (Fsp3) is 0.0769. The lowest BCUT2D eigenvalue weighted by Crippen LogP contribution is -2.18. The van der Waals surface area contributed by atoms with Gasteiger partial charge in [0.1, 0.15) is 23.0 Å². The van der Waals surface area contributed by atoms with Gasteiger partial charge in [-0.2, -0.15) is 0 Å². The molecule has 0 saturated heterocycles. The number of aromatic hydroxyl groups is 1. The maximum Gasteiger partial charge on any atom is 0.457 e. The van der Waals surface area contributed by atoms with Crippen LogP contribution in [0.15, 0.2) is 109 Å². The van der Waals surface area contributed by atoms with Gasteiger partial charge in [0.15, 0.2) is 5.78 Å². The zero-order valence-corrected chi connectivity index (χ0v) is 18.9. The molecule has 0 bridgehead atoms. The molecule has 6 nitrogen and oxygen atoms in total. The summed E-state index contributed by atoms with van der Waals surface area (Å²) in [4.78, 5) is 0. The minimum Gasteiger partial charge on any atom is -0.506 e. The normalized spacial score (nSPS) is 11.9. The van der Waals surface area contributed by atoms with Gasteiger partial charge < -0.3 is 24.2 Å². The van der Waals surface area contributed by atoms with Crippen molar-refractivity contribution in [2.75, 3.05) is 12.4 Å².